The van der Waals surface area contributed by atoms with E-state index >= 15 is 0 Å². The van der Waals surface area contributed by atoms with E-state index in [2.05, 4.69) is 43.4 Å². The van der Waals surface area contributed by atoms with E-state index in [-0.39, 0.29) is 0 Å². The van der Waals surface area contributed by atoms with Gasteiger partial charge >= 0.3 is 0 Å². The zero-order valence-electron chi connectivity index (χ0n) is 12.5. The molecule has 2 aromatic carbocycles. The van der Waals surface area contributed by atoms with E-state index in [1.54, 1.807) is 7.11 Å². The Morgan fingerprint density at radius 2 is 1.81 bits per heavy atom. The summed E-state index contributed by atoms with van der Waals surface area (Å²) in [6, 6.07) is 14.0. The van der Waals surface area contributed by atoms with Crippen molar-refractivity contribution in [1.29, 1.82) is 0 Å². The van der Waals surface area contributed by atoms with Crippen LogP contribution in [-0.4, -0.2) is 12.1 Å². The van der Waals surface area contributed by atoms with Gasteiger partial charge in [-0.2, -0.15) is 0 Å². The fourth-order valence-electron chi connectivity index (χ4n) is 2.08. The number of rotatable bonds is 5. The number of thiocarbonyl (C=S) groups is 1. The van der Waals surface area contributed by atoms with E-state index in [0.29, 0.717) is 10.9 Å². The lowest BCUT2D eigenvalue weighted by molar-refractivity contribution is 0.415. The van der Waals surface area contributed by atoms with Crippen molar-refractivity contribution < 1.29 is 4.74 Å². The fraction of sp³-hybridized carbons (Fsp3) is 0.235. The van der Waals surface area contributed by atoms with Crippen LogP contribution in [-0.2, 0) is 0 Å². The lowest BCUT2D eigenvalue weighted by Crippen LogP contribution is -2.12. The average Bonchev–Trinajstić information content (AvgIpc) is 2.47. The highest BCUT2D eigenvalue weighted by atomic mass is 32.1. The number of anilines is 2. The third-order valence-electron chi connectivity index (χ3n) is 3.35. The Morgan fingerprint density at radius 3 is 2.33 bits per heavy atom. The molecular weight excluding hydrogens is 280 g/mol. The molecule has 0 spiro atoms. The van der Waals surface area contributed by atoms with Crippen LogP contribution in [0.15, 0.2) is 42.5 Å². The van der Waals surface area contributed by atoms with Crippen LogP contribution in [0.2, 0.25) is 0 Å². The molecule has 0 atom stereocenters. The third-order valence-corrected chi connectivity index (χ3v) is 3.57. The smallest absolute Gasteiger partial charge is 0.120 e. The lowest BCUT2D eigenvalue weighted by atomic mass is 10.0. The largest absolute Gasteiger partial charge is 0.497 e. The van der Waals surface area contributed by atoms with E-state index in [1.807, 2.05) is 18.2 Å². The van der Waals surface area contributed by atoms with Gasteiger partial charge in [0.25, 0.3) is 0 Å². The Labute approximate surface area is 131 Å². The second-order valence-corrected chi connectivity index (χ2v) is 5.62. The SMILES string of the molecule is COc1ccc(C(N)=S)c(Nc2ccc(C(C)C)cc2)c1. The normalized spacial score (nSPS) is 10.5. The van der Waals surface area contributed by atoms with Crippen molar-refractivity contribution in [1.82, 2.24) is 0 Å². The second-order valence-electron chi connectivity index (χ2n) is 5.18. The standard InChI is InChI=1S/C17H20N2OS/c1-11(2)12-4-6-13(7-5-12)19-16-10-14(20-3)8-9-15(16)17(18)21/h4-11,19H,1-3H3,(H2,18,21). The Morgan fingerprint density at radius 1 is 1.14 bits per heavy atom. The van der Waals surface area contributed by atoms with Crippen molar-refractivity contribution in [3.63, 3.8) is 0 Å². The van der Waals surface area contributed by atoms with Crippen LogP contribution < -0.4 is 15.8 Å². The van der Waals surface area contributed by atoms with E-state index in [9.17, 15) is 0 Å². The summed E-state index contributed by atoms with van der Waals surface area (Å²) in [5.74, 6) is 1.28. The van der Waals surface area contributed by atoms with Gasteiger partial charge in [-0.15, -0.1) is 0 Å². The van der Waals surface area contributed by atoms with E-state index in [0.717, 1.165) is 22.7 Å². The monoisotopic (exact) mass is 300 g/mol. The van der Waals surface area contributed by atoms with Crippen molar-refractivity contribution in [3.05, 3.63) is 53.6 Å². The highest BCUT2D eigenvalue weighted by molar-refractivity contribution is 7.80. The minimum atomic E-state index is 0.360. The molecule has 21 heavy (non-hydrogen) atoms. The van der Waals surface area contributed by atoms with Crippen molar-refractivity contribution in [3.8, 4) is 5.75 Å². The molecule has 0 aliphatic carbocycles. The van der Waals surface area contributed by atoms with Crippen molar-refractivity contribution >= 4 is 28.6 Å². The van der Waals surface area contributed by atoms with Gasteiger partial charge in [-0.3, -0.25) is 0 Å². The average molecular weight is 300 g/mol. The first-order chi connectivity index (χ1) is 10.0. The molecule has 0 aliphatic heterocycles. The number of methoxy groups -OCH3 is 1. The molecule has 0 saturated carbocycles. The Balaban J connectivity index is 2.31. The molecule has 3 nitrogen and oxygen atoms in total. The highest BCUT2D eigenvalue weighted by Gasteiger charge is 2.08. The second kappa shape index (κ2) is 6.59. The first-order valence-corrected chi connectivity index (χ1v) is 7.27. The number of nitrogens with one attached hydrogen (secondary N) is 1. The summed E-state index contributed by atoms with van der Waals surface area (Å²) in [6.45, 7) is 4.35. The van der Waals surface area contributed by atoms with Gasteiger partial charge in [-0.1, -0.05) is 38.2 Å². The highest BCUT2D eigenvalue weighted by Crippen LogP contribution is 2.27. The van der Waals surface area contributed by atoms with Gasteiger partial charge in [-0.05, 0) is 35.7 Å². The summed E-state index contributed by atoms with van der Waals surface area (Å²) in [7, 11) is 1.64. The molecule has 0 heterocycles. The topological polar surface area (TPSA) is 47.3 Å². The maximum Gasteiger partial charge on any atom is 0.120 e. The van der Waals surface area contributed by atoms with Gasteiger partial charge in [0.2, 0.25) is 0 Å². The molecule has 0 aromatic heterocycles. The minimum absolute atomic E-state index is 0.360. The fourth-order valence-corrected chi connectivity index (χ4v) is 2.25. The predicted molar refractivity (Wildman–Crippen MR) is 92.7 cm³/mol. The molecule has 2 aromatic rings. The van der Waals surface area contributed by atoms with Crippen LogP contribution in [0.3, 0.4) is 0 Å². The van der Waals surface area contributed by atoms with Gasteiger partial charge < -0.3 is 15.8 Å². The van der Waals surface area contributed by atoms with Crippen molar-refractivity contribution in [2.75, 3.05) is 12.4 Å². The van der Waals surface area contributed by atoms with Gasteiger partial charge in [0, 0.05) is 17.3 Å². The van der Waals surface area contributed by atoms with Gasteiger partial charge in [0.15, 0.2) is 0 Å². The van der Waals surface area contributed by atoms with E-state index in [1.165, 1.54) is 5.56 Å². The predicted octanol–water partition coefficient (Wildman–Crippen LogP) is 4.20. The molecule has 2 rings (SSSR count). The zero-order valence-corrected chi connectivity index (χ0v) is 13.3. The molecule has 0 saturated heterocycles. The summed E-state index contributed by atoms with van der Waals surface area (Å²) in [6.07, 6.45) is 0. The third kappa shape index (κ3) is 3.73. The quantitative estimate of drug-likeness (QED) is 0.813. The van der Waals surface area contributed by atoms with Gasteiger partial charge in [0.1, 0.15) is 10.7 Å². The summed E-state index contributed by atoms with van der Waals surface area (Å²) >= 11 is 5.10. The molecule has 0 aliphatic rings. The zero-order chi connectivity index (χ0) is 15.4. The Bertz CT molecular complexity index is 636. The minimum Gasteiger partial charge on any atom is -0.497 e. The van der Waals surface area contributed by atoms with Crippen molar-refractivity contribution in [2.24, 2.45) is 5.73 Å². The molecule has 4 heteroatoms. The molecule has 3 N–H and O–H groups in total. The van der Waals surface area contributed by atoms with Crippen molar-refractivity contribution in [2.45, 2.75) is 19.8 Å². The Hall–Kier alpha value is -2.07. The summed E-state index contributed by atoms with van der Waals surface area (Å²) < 4.78 is 5.25. The summed E-state index contributed by atoms with van der Waals surface area (Å²) in [5, 5.41) is 3.35. The van der Waals surface area contributed by atoms with E-state index in [4.69, 9.17) is 22.7 Å². The molecule has 110 valence electrons. The van der Waals surface area contributed by atoms with Gasteiger partial charge in [-0.25, -0.2) is 0 Å². The van der Waals surface area contributed by atoms with Crippen LogP contribution >= 0.6 is 12.2 Å². The van der Waals surface area contributed by atoms with Crippen LogP contribution in [0.5, 0.6) is 5.75 Å². The first kappa shape index (κ1) is 15.3. The molecule has 0 radical (unpaired) electrons. The summed E-state index contributed by atoms with van der Waals surface area (Å²) in [4.78, 5) is 0.360. The molecule has 0 bridgehead atoms. The maximum absolute atomic E-state index is 5.77. The maximum atomic E-state index is 5.77. The first-order valence-electron chi connectivity index (χ1n) is 6.86. The number of nitrogens with two attached hydrogens (primary N) is 1. The molecule has 0 fully saturated rings. The number of hydrogen-bond acceptors (Lipinski definition) is 3. The molecular formula is C17H20N2OS. The lowest BCUT2D eigenvalue weighted by Gasteiger charge is -2.14. The van der Waals surface area contributed by atoms with Crippen LogP contribution in [0.25, 0.3) is 0 Å². The van der Waals surface area contributed by atoms with Crippen LogP contribution in [0.4, 0.5) is 11.4 Å². The number of hydrogen-bond donors (Lipinski definition) is 2. The van der Waals surface area contributed by atoms with Crippen LogP contribution in [0.1, 0.15) is 30.9 Å². The van der Waals surface area contributed by atoms with E-state index < -0.39 is 0 Å². The number of benzene rings is 2. The molecule has 0 unspecified atom stereocenters. The van der Waals surface area contributed by atoms with Crippen LogP contribution in [0, 0.1) is 0 Å². The molecule has 0 amide bonds. The number of ether oxygens (including phenoxy) is 1. The Kier molecular flexibility index (Phi) is 4.81. The summed E-state index contributed by atoms with van der Waals surface area (Å²) in [5.41, 5.74) is 9.72. The van der Waals surface area contributed by atoms with Gasteiger partial charge in [0.05, 0.1) is 12.8 Å².